The van der Waals surface area contributed by atoms with Crippen molar-refractivity contribution in [2.45, 2.75) is 39.0 Å². The van der Waals surface area contributed by atoms with Crippen LogP contribution in [0.25, 0.3) is 0 Å². The van der Waals surface area contributed by atoms with E-state index in [-0.39, 0.29) is 18.1 Å². The largest absolute Gasteiger partial charge is 0.372 e. The van der Waals surface area contributed by atoms with Crippen LogP contribution >= 0.6 is 0 Å². The maximum absolute atomic E-state index is 13.0. The lowest BCUT2D eigenvalue weighted by molar-refractivity contribution is 0.0436. The zero-order valence-electron chi connectivity index (χ0n) is 16.0. The van der Waals surface area contributed by atoms with Crippen LogP contribution in [0.3, 0.4) is 0 Å². The van der Waals surface area contributed by atoms with Crippen molar-refractivity contribution in [2.24, 2.45) is 0 Å². The zero-order valence-corrected chi connectivity index (χ0v) is 16.0. The summed E-state index contributed by atoms with van der Waals surface area (Å²) in [6, 6.07) is 13.4. The van der Waals surface area contributed by atoms with Crippen molar-refractivity contribution in [2.75, 3.05) is 6.54 Å². The summed E-state index contributed by atoms with van der Waals surface area (Å²) in [5, 5.41) is 7.15. The molecule has 1 saturated heterocycles. The Kier molecular flexibility index (Phi) is 5.16. The molecule has 1 amide bonds. The fourth-order valence-electron chi connectivity index (χ4n) is 3.55. The second-order valence-electron chi connectivity index (χ2n) is 7.13. The van der Waals surface area contributed by atoms with Gasteiger partial charge in [0.15, 0.2) is 5.82 Å². The second-order valence-corrected chi connectivity index (χ2v) is 7.13. The van der Waals surface area contributed by atoms with Gasteiger partial charge in [-0.1, -0.05) is 35.9 Å². The molecule has 1 N–H and O–H groups in total. The zero-order chi connectivity index (χ0) is 19.5. The fraction of sp³-hybridized carbons (Fsp3) is 0.333. The molecule has 3 aromatic rings. The highest BCUT2D eigenvalue weighted by atomic mass is 16.5. The highest BCUT2D eigenvalue weighted by molar-refractivity contribution is 5.92. The number of aromatic amines is 1. The third kappa shape index (κ3) is 3.94. The average Bonchev–Trinajstić information content (AvgIpc) is 3.33. The third-order valence-electron chi connectivity index (χ3n) is 4.89. The van der Waals surface area contributed by atoms with Gasteiger partial charge in [0.05, 0.1) is 18.8 Å². The summed E-state index contributed by atoms with van der Waals surface area (Å²) >= 11 is 0. The van der Waals surface area contributed by atoms with Crippen LogP contribution in [0.5, 0.6) is 0 Å². The van der Waals surface area contributed by atoms with Crippen LogP contribution < -0.4 is 0 Å². The van der Waals surface area contributed by atoms with E-state index in [1.807, 2.05) is 19.1 Å². The maximum Gasteiger partial charge on any atom is 0.273 e. The molecule has 0 bridgehead atoms. The number of H-pyrrole nitrogens is 1. The molecule has 7 nitrogen and oxygen atoms in total. The number of pyridine rings is 1. The van der Waals surface area contributed by atoms with Gasteiger partial charge in [-0.25, -0.2) is 4.98 Å². The number of benzene rings is 1. The van der Waals surface area contributed by atoms with E-state index in [1.54, 1.807) is 23.2 Å². The highest BCUT2D eigenvalue weighted by Crippen LogP contribution is 2.33. The van der Waals surface area contributed by atoms with Crippen molar-refractivity contribution in [3.63, 3.8) is 0 Å². The number of nitrogens with one attached hydrogen (secondary N) is 1. The molecule has 2 aromatic heterocycles. The van der Waals surface area contributed by atoms with Crippen molar-refractivity contribution in [3.8, 4) is 0 Å². The molecule has 1 fully saturated rings. The Hall–Kier alpha value is -3.06. The lowest BCUT2D eigenvalue weighted by Crippen LogP contribution is -2.33. The molecule has 1 aliphatic heterocycles. The van der Waals surface area contributed by atoms with Gasteiger partial charge in [-0.3, -0.25) is 14.9 Å². The smallest absolute Gasteiger partial charge is 0.273 e. The van der Waals surface area contributed by atoms with Crippen LogP contribution in [0.15, 0.2) is 48.7 Å². The molecule has 4 rings (SSSR count). The summed E-state index contributed by atoms with van der Waals surface area (Å²) < 4.78 is 6.14. The Bertz CT molecular complexity index is 956. The van der Waals surface area contributed by atoms with E-state index in [0.29, 0.717) is 31.1 Å². The number of ether oxygens (including phenoxy) is 1. The number of likely N-dealkylation sites (tertiary alicyclic amines) is 1. The molecule has 7 heteroatoms. The van der Waals surface area contributed by atoms with Crippen LogP contribution in [0.2, 0.25) is 0 Å². The molecule has 0 spiro atoms. The average molecular weight is 377 g/mol. The van der Waals surface area contributed by atoms with Gasteiger partial charge in [-0.05, 0) is 31.5 Å². The van der Waals surface area contributed by atoms with Crippen molar-refractivity contribution in [3.05, 3.63) is 77.1 Å². The molecule has 0 saturated carbocycles. The number of hydrogen-bond donors (Lipinski definition) is 1. The van der Waals surface area contributed by atoms with Crippen molar-refractivity contribution in [1.82, 2.24) is 25.1 Å². The van der Waals surface area contributed by atoms with Gasteiger partial charge < -0.3 is 9.64 Å². The second kappa shape index (κ2) is 7.90. The normalized spacial score (nSPS) is 19.1. The lowest BCUT2D eigenvalue weighted by Gasteiger charge is -2.21. The van der Waals surface area contributed by atoms with Crippen LogP contribution in [0, 0.1) is 13.8 Å². The van der Waals surface area contributed by atoms with Gasteiger partial charge in [0.25, 0.3) is 5.91 Å². The number of aryl methyl sites for hydroxylation is 2. The van der Waals surface area contributed by atoms with E-state index in [9.17, 15) is 4.79 Å². The van der Waals surface area contributed by atoms with Gasteiger partial charge in [-0.15, -0.1) is 0 Å². The first-order valence-corrected chi connectivity index (χ1v) is 9.38. The van der Waals surface area contributed by atoms with E-state index in [2.05, 4.69) is 45.3 Å². The molecular weight excluding hydrogens is 354 g/mol. The summed E-state index contributed by atoms with van der Waals surface area (Å²) in [5.74, 6) is 1.21. The monoisotopic (exact) mass is 377 g/mol. The summed E-state index contributed by atoms with van der Waals surface area (Å²) in [4.78, 5) is 23.5. The minimum absolute atomic E-state index is 0.0861. The Labute approximate surface area is 163 Å². The predicted molar refractivity (Wildman–Crippen MR) is 104 cm³/mol. The third-order valence-corrected chi connectivity index (χ3v) is 4.89. The van der Waals surface area contributed by atoms with Crippen LogP contribution in [0.4, 0.5) is 0 Å². The van der Waals surface area contributed by atoms with Crippen LogP contribution in [0.1, 0.15) is 45.7 Å². The number of carbonyl (C=O) groups excluding carboxylic acids is 1. The molecule has 0 radical (unpaired) electrons. The Morgan fingerprint density at radius 1 is 1.25 bits per heavy atom. The number of nitrogens with zero attached hydrogens (tertiary/aromatic N) is 4. The van der Waals surface area contributed by atoms with Crippen LogP contribution in [-0.4, -0.2) is 43.6 Å². The predicted octanol–water partition coefficient (Wildman–Crippen LogP) is 2.99. The number of rotatable bonds is 5. The van der Waals surface area contributed by atoms with Gasteiger partial charge in [0.1, 0.15) is 11.5 Å². The van der Waals surface area contributed by atoms with E-state index < -0.39 is 0 Å². The van der Waals surface area contributed by atoms with Gasteiger partial charge >= 0.3 is 0 Å². The molecular formula is C21H23N5O2. The summed E-state index contributed by atoms with van der Waals surface area (Å²) in [6.45, 7) is 4.91. The Morgan fingerprint density at radius 2 is 2.14 bits per heavy atom. The van der Waals surface area contributed by atoms with E-state index in [1.165, 1.54) is 5.56 Å². The molecule has 3 heterocycles. The van der Waals surface area contributed by atoms with Crippen molar-refractivity contribution < 1.29 is 9.53 Å². The molecule has 28 heavy (non-hydrogen) atoms. The quantitative estimate of drug-likeness (QED) is 0.739. The molecule has 2 unspecified atom stereocenters. The van der Waals surface area contributed by atoms with E-state index in [0.717, 1.165) is 11.4 Å². The Balaban J connectivity index is 1.52. The molecule has 2 atom stereocenters. The summed E-state index contributed by atoms with van der Waals surface area (Å²) in [6.07, 6.45) is 2.19. The summed E-state index contributed by atoms with van der Waals surface area (Å²) in [7, 11) is 0. The SMILES string of the molecule is Cc1cccc(COC2CC(c3n[nH]c(C)n3)N(C(=O)c3ccccn3)C2)c1. The number of aromatic nitrogens is 4. The summed E-state index contributed by atoms with van der Waals surface area (Å²) in [5.41, 5.74) is 2.74. The van der Waals surface area contributed by atoms with Gasteiger partial charge in [0.2, 0.25) is 0 Å². The number of amides is 1. The van der Waals surface area contributed by atoms with Gasteiger partial charge in [0, 0.05) is 19.2 Å². The lowest BCUT2D eigenvalue weighted by atomic mass is 10.1. The fourth-order valence-corrected chi connectivity index (χ4v) is 3.55. The molecule has 144 valence electrons. The first-order valence-electron chi connectivity index (χ1n) is 9.38. The van der Waals surface area contributed by atoms with Gasteiger partial charge in [-0.2, -0.15) is 5.10 Å². The highest BCUT2D eigenvalue weighted by Gasteiger charge is 2.39. The van der Waals surface area contributed by atoms with Crippen molar-refractivity contribution in [1.29, 1.82) is 0 Å². The van der Waals surface area contributed by atoms with Crippen LogP contribution in [-0.2, 0) is 11.3 Å². The minimum Gasteiger partial charge on any atom is -0.372 e. The standard InChI is InChI=1S/C21H23N5O2/c1-14-6-5-7-16(10-14)13-28-17-11-19(20-23-15(2)24-25-20)26(12-17)21(27)18-8-3-4-9-22-18/h3-10,17,19H,11-13H2,1-2H3,(H,23,24,25). The minimum atomic E-state index is -0.234. The van der Waals surface area contributed by atoms with E-state index in [4.69, 9.17) is 4.74 Å². The first kappa shape index (κ1) is 18.3. The molecule has 0 aliphatic carbocycles. The first-order chi connectivity index (χ1) is 13.6. The topological polar surface area (TPSA) is 84.0 Å². The number of carbonyl (C=O) groups is 1. The Morgan fingerprint density at radius 3 is 2.86 bits per heavy atom. The molecule has 1 aliphatic rings. The van der Waals surface area contributed by atoms with Crippen molar-refractivity contribution >= 4 is 5.91 Å². The molecule has 1 aromatic carbocycles. The number of hydrogen-bond acceptors (Lipinski definition) is 5. The maximum atomic E-state index is 13.0. The van der Waals surface area contributed by atoms with E-state index >= 15 is 0 Å².